The average Bonchev–Trinajstić information content (AvgIpc) is 3.51. The van der Waals surface area contributed by atoms with E-state index in [1.165, 1.54) is 4.31 Å². The molecular weight excluding hydrogens is 500 g/mol. The molecule has 38 heavy (non-hydrogen) atoms. The van der Waals surface area contributed by atoms with Gasteiger partial charge in [0.05, 0.1) is 16.4 Å². The minimum Gasteiger partial charge on any atom is -0.337 e. The molecule has 196 valence electrons. The molecule has 0 fully saturated rings. The Balaban J connectivity index is 1.38. The Morgan fingerprint density at radius 3 is 2.37 bits per heavy atom. The molecule has 1 aliphatic rings. The fourth-order valence-electron chi connectivity index (χ4n) is 4.61. The highest BCUT2D eigenvalue weighted by atomic mass is 32.2. The number of aromatic nitrogens is 3. The Kier molecular flexibility index (Phi) is 6.93. The van der Waals surface area contributed by atoms with Gasteiger partial charge in [0.25, 0.3) is 0 Å². The minimum atomic E-state index is -3.84. The monoisotopic (exact) mass is 530 g/mol. The average molecular weight is 531 g/mol. The molecule has 2 aromatic carbocycles. The summed E-state index contributed by atoms with van der Waals surface area (Å²) in [7, 11) is -2.28. The third-order valence-corrected chi connectivity index (χ3v) is 8.41. The van der Waals surface area contributed by atoms with Crippen LogP contribution in [0.15, 0.2) is 92.5 Å². The summed E-state index contributed by atoms with van der Waals surface area (Å²) < 4.78 is 34.2. The Hall–Kier alpha value is -3.76. The molecule has 3 heterocycles. The predicted molar refractivity (Wildman–Crippen MR) is 142 cm³/mol. The van der Waals surface area contributed by atoms with E-state index in [0.29, 0.717) is 18.7 Å². The van der Waals surface area contributed by atoms with Gasteiger partial charge in [0.2, 0.25) is 21.7 Å². The highest BCUT2D eigenvalue weighted by molar-refractivity contribution is 7.89. The summed E-state index contributed by atoms with van der Waals surface area (Å²) in [5, 5.41) is 5.69. The lowest BCUT2D eigenvalue weighted by atomic mass is 10.0. The molecule has 2 atom stereocenters. The normalized spacial score (nSPS) is 17.7. The van der Waals surface area contributed by atoms with Crippen molar-refractivity contribution in [2.24, 2.45) is 15.9 Å². The molecule has 9 nitrogen and oxygen atoms in total. The second kappa shape index (κ2) is 10.2. The molecule has 5 rings (SSSR count). The molecule has 0 saturated heterocycles. The summed E-state index contributed by atoms with van der Waals surface area (Å²) >= 11 is 0. The van der Waals surface area contributed by atoms with Gasteiger partial charge < -0.3 is 4.52 Å². The predicted octanol–water partition coefficient (Wildman–Crippen LogP) is 3.75. The van der Waals surface area contributed by atoms with Gasteiger partial charge >= 0.3 is 0 Å². The van der Waals surface area contributed by atoms with Crippen LogP contribution in [-0.4, -0.2) is 40.6 Å². The lowest BCUT2D eigenvalue weighted by molar-refractivity contribution is 0.247. The lowest BCUT2D eigenvalue weighted by Crippen LogP contribution is -2.32. The quantitative estimate of drug-likeness (QED) is 0.326. The third kappa shape index (κ3) is 5.27. The summed E-state index contributed by atoms with van der Waals surface area (Å²) in [5.41, 5.74) is 1.09. The van der Waals surface area contributed by atoms with Crippen molar-refractivity contribution >= 4 is 10.0 Å². The zero-order valence-corrected chi connectivity index (χ0v) is 22.6. The van der Waals surface area contributed by atoms with Crippen molar-refractivity contribution in [1.29, 1.82) is 0 Å². The number of sulfonamides is 1. The standard InChI is InChI=1S/C28H30N6O3S/c1-19(2)16-25(27-30-26(33-37-27)21-8-6-5-7-9-21)34(4)38(35,36)22-12-10-20(11-13-22)17-28(3)31-23-14-15-29-18-24(23)32-28/h5-15,18-19,25H,16-17H2,1-4H3. The van der Waals surface area contributed by atoms with Gasteiger partial charge in [-0.3, -0.25) is 15.0 Å². The van der Waals surface area contributed by atoms with Crippen LogP contribution in [0.1, 0.15) is 44.7 Å². The Morgan fingerprint density at radius 2 is 1.68 bits per heavy atom. The van der Waals surface area contributed by atoms with Gasteiger partial charge in [-0.2, -0.15) is 9.29 Å². The summed E-state index contributed by atoms with van der Waals surface area (Å²) in [6.07, 6.45) is 4.47. The Labute approximate surface area is 222 Å². The molecule has 0 N–H and O–H groups in total. The van der Waals surface area contributed by atoms with Gasteiger partial charge in [-0.05, 0) is 43.0 Å². The topological polar surface area (TPSA) is 114 Å². The molecule has 0 spiro atoms. The van der Waals surface area contributed by atoms with Crippen molar-refractivity contribution < 1.29 is 12.9 Å². The molecule has 4 aromatic rings. The molecule has 0 aliphatic carbocycles. The molecule has 0 bridgehead atoms. The maximum Gasteiger partial charge on any atom is 0.245 e. The van der Waals surface area contributed by atoms with Gasteiger partial charge in [0.15, 0.2) is 5.66 Å². The maximum absolute atomic E-state index is 13.7. The number of fused-ring (bicyclic) bond motifs is 1. The van der Waals surface area contributed by atoms with Crippen LogP contribution < -0.4 is 10.7 Å². The van der Waals surface area contributed by atoms with E-state index in [1.54, 1.807) is 31.6 Å². The van der Waals surface area contributed by atoms with Crippen LogP contribution in [0.3, 0.4) is 0 Å². The van der Waals surface area contributed by atoms with E-state index < -0.39 is 21.7 Å². The van der Waals surface area contributed by atoms with Gasteiger partial charge in [-0.15, -0.1) is 0 Å². The second-order valence-corrected chi connectivity index (χ2v) is 12.1. The summed E-state index contributed by atoms with van der Waals surface area (Å²) in [4.78, 5) is 18.3. The summed E-state index contributed by atoms with van der Waals surface area (Å²) in [6, 6.07) is 17.6. The van der Waals surface area contributed by atoms with Crippen LogP contribution in [0.5, 0.6) is 0 Å². The first kappa shape index (κ1) is 25.9. The largest absolute Gasteiger partial charge is 0.337 e. The van der Waals surface area contributed by atoms with Crippen molar-refractivity contribution in [3.05, 3.63) is 95.2 Å². The molecule has 2 aromatic heterocycles. The van der Waals surface area contributed by atoms with E-state index in [4.69, 9.17) is 14.5 Å². The van der Waals surface area contributed by atoms with E-state index in [-0.39, 0.29) is 16.7 Å². The first-order valence-corrected chi connectivity index (χ1v) is 13.9. The Morgan fingerprint density at radius 1 is 0.974 bits per heavy atom. The summed E-state index contributed by atoms with van der Waals surface area (Å²) in [6.45, 7) is 6.02. The first-order chi connectivity index (χ1) is 18.1. The van der Waals surface area contributed by atoms with Crippen molar-refractivity contribution in [3.8, 4) is 11.4 Å². The van der Waals surface area contributed by atoms with Crippen molar-refractivity contribution in [2.75, 3.05) is 7.05 Å². The Bertz CT molecular complexity index is 1620. The fourth-order valence-corrected chi connectivity index (χ4v) is 5.93. The SMILES string of the molecule is CC(C)CC(c1nc(-c2ccccc2)no1)N(C)S(=O)(=O)c1ccc(CC2(C)N=c3ccncc3=N2)cc1. The number of hydrogen-bond acceptors (Lipinski definition) is 8. The molecular formula is C28H30N6O3S. The summed E-state index contributed by atoms with van der Waals surface area (Å²) in [5.74, 6) is 0.899. The molecule has 0 saturated carbocycles. The van der Waals surface area contributed by atoms with Gasteiger partial charge in [-0.1, -0.05) is 61.5 Å². The zero-order chi connectivity index (χ0) is 26.9. The van der Waals surface area contributed by atoms with Crippen LogP contribution in [0, 0.1) is 5.92 Å². The third-order valence-electron chi connectivity index (χ3n) is 6.53. The second-order valence-electron chi connectivity index (χ2n) is 10.1. The van der Waals surface area contributed by atoms with Crippen LogP contribution >= 0.6 is 0 Å². The number of rotatable bonds is 9. The molecule has 0 radical (unpaired) electrons. The number of nitrogens with zero attached hydrogens (tertiary/aromatic N) is 6. The zero-order valence-electron chi connectivity index (χ0n) is 21.8. The van der Waals surface area contributed by atoms with Crippen LogP contribution in [0.4, 0.5) is 0 Å². The van der Waals surface area contributed by atoms with Crippen LogP contribution in [0.2, 0.25) is 0 Å². The maximum atomic E-state index is 13.7. The fraction of sp³-hybridized carbons (Fsp3) is 0.321. The lowest BCUT2D eigenvalue weighted by Gasteiger charge is -2.26. The van der Waals surface area contributed by atoms with E-state index in [0.717, 1.165) is 21.8 Å². The van der Waals surface area contributed by atoms with Crippen molar-refractivity contribution in [1.82, 2.24) is 19.4 Å². The molecule has 1 aliphatic heterocycles. The van der Waals surface area contributed by atoms with Crippen molar-refractivity contribution in [3.63, 3.8) is 0 Å². The number of benzene rings is 2. The van der Waals surface area contributed by atoms with Crippen molar-refractivity contribution in [2.45, 2.75) is 50.2 Å². The van der Waals surface area contributed by atoms with E-state index >= 15 is 0 Å². The highest BCUT2D eigenvalue weighted by Crippen LogP contribution is 2.32. The minimum absolute atomic E-state index is 0.193. The van der Waals surface area contributed by atoms with Gasteiger partial charge in [0.1, 0.15) is 11.4 Å². The van der Waals surface area contributed by atoms with Crippen LogP contribution in [-0.2, 0) is 16.4 Å². The molecule has 0 amide bonds. The molecule has 10 heteroatoms. The van der Waals surface area contributed by atoms with E-state index in [2.05, 4.69) is 15.1 Å². The van der Waals surface area contributed by atoms with Gasteiger partial charge in [0, 0.05) is 25.2 Å². The highest BCUT2D eigenvalue weighted by Gasteiger charge is 2.34. The number of hydrogen-bond donors (Lipinski definition) is 0. The van der Waals surface area contributed by atoms with E-state index in [1.807, 2.05) is 69.3 Å². The number of pyridine rings is 1. The smallest absolute Gasteiger partial charge is 0.245 e. The molecule has 2 unspecified atom stereocenters. The first-order valence-electron chi connectivity index (χ1n) is 12.5. The van der Waals surface area contributed by atoms with Crippen LogP contribution in [0.25, 0.3) is 11.4 Å². The van der Waals surface area contributed by atoms with Gasteiger partial charge in [-0.25, -0.2) is 8.42 Å². The van der Waals surface area contributed by atoms with E-state index in [9.17, 15) is 8.42 Å².